The summed E-state index contributed by atoms with van der Waals surface area (Å²) in [4.78, 5) is 16.3. The lowest BCUT2D eigenvalue weighted by molar-refractivity contribution is -0.137. The highest BCUT2D eigenvalue weighted by atomic mass is 32.1. The van der Waals surface area contributed by atoms with E-state index in [-0.39, 0.29) is 45.0 Å². The van der Waals surface area contributed by atoms with Gasteiger partial charge in [0.15, 0.2) is 5.01 Å². The van der Waals surface area contributed by atoms with Gasteiger partial charge in [-0.25, -0.2) is 4.98 Å². The summed E-state index contributed by atoms with van der Waals surface area (Å²) in [7, 11) is 1.58. The lowest BCUT2D eigenvalue weighted by Crippen LogP contribution is -2.40. The Bertz CT molecular complexity index is 1070. The maximum atomic E-state index is 13.0. The minimum atomic E-state index is -4.44. The van der Waals surface area contributed by atoms with Crippen molar-refractivity contribution in [3.8, 4) is 5.75 Å². The smallest absolute Gasteiger partial charge is 0.443 e. The number of para-hydroxylation sites is 1. The van der Waals surface area contributed by atoms with Crippen LogP contribution in [-0.2, 0) is 6.18 Å². The largest absolute Gasteiger partial charge is 0.497 e. The van der Waals surface area contributed by atoms with E-state index in [0.29, 0.717) is 38.6 Å². The van der Waals surface area contributed by atoms with E-state index in [1.54, 1.807) is 49.6 Å². The van der Waals surface area contributed by atoms with Crippen LogP contribution in [0.3, 0.4) is 0 Å². The van der Waals surface area contributed by atoms with Gasteiger partial charge in [-0.2, -0.15) is 40.2 Å². The van der Waals surface area contributed by atoms with Gasteiger partial charge in [0.05, 0.1) is 17.5 Å². The van der Waals surface area contributed by atoms with E-state index in [1.165, 1.54) is 0 Å². The number of anilines is 1. The molecule has 1 saturated carbocycles. The fraction of sp³-hybridized carbons (Fsp3) is 0.364. The van der Waals surface area contributed by atoms with E-state index in [4.69, 9.17) is 4.74 Å². The molecule has 0 spiro atoms. The van der Waals surface area contributed by atoms with Crippen molar-refractivity contribution in [1.29, 1.82) is 0 Å². The first-order valence-corrected chi connectivity index (χ1v) is 10.8. The van der Waals surface area contributed by atoms with Crippen molar-refractivity contribution >= 4 is 60.1 Å². The molecule has 1 heterocycles. The second-order valence-corrected chi connectivity index (χ2v) is 8.59. The van der Waals surface area contributed by atoms with E-state index in [2.05, 4.69) is 15.6 Å². The Morgan fingerprint density at radius 3 is 2.27 bits per heavy atom. The Balaban J connectivity index is 0.00000193. The van der Waals surface area contributed by atoms with Gasteiger partial charge in [-0.3, -0.25) is 4.79 Å². The predicted octanol–water partition coefficient (Wildman–Crippen LogP) is 5.70. The number of rotatable bonds is 5. The summed E-state index contributed by atoms with van der Waals surface area (Å²) >= 11 is 0.656. The molecule has 0 atom stereocenters. The molecular formula is C22H26F3N3O2S3. The molecular weight excluding hydrogens is 491 g/mol. The highest BCUT2D eigenvalue weighted by Gasteiger charge is 2.35. The lowest BCUT2D eigenvalue weighted by Gasteiger charge is -2.30. The number of carbonyl (C=O) groups excluding carboxylic acids is 1. The fourth-order valence-electron chi connectivity index (χ4n) is 3.80. The minimum Gasteiger partial charge on any atom is -0.497 e. The molecule has 0 aliphatic heterocycles. The number of fused-ring (bicyclic) bond motifs is 1. The van der Waals surface area contributed by atoms with Crippen molar-refractivity contribution in [3.05, 3.63) is 53.0 Å². The zero-order valence-corrected chi connectivity index (χ0v) is 20.6. The van der Waals surface area contributed by atoms with E-state index in [9.17, 15) is 18.0 Å². The maximum Gasteiger partial charge on any atom is 0.443 e. The van der Waals surface area contributed by atoms with Crippen LogP contribution < -0.4 is 15.4 Å². The monoisotopic (exact) mass is 517 g/mol. The zero-order valence-electron chi connectivity index (χ0n) is 17.8. The molecule has 11 heteroatoms. The number of benzene rings is 2. The van der Waals surface area contributed by atoms with E-state index >= 15 is 0 Å². The van der Waals surface area contributed by atoms with Crippen molar-refractivity contribution < 1.29 is 22.7 Å². The second kappa shape index (κ2) is 11.3. The molecule has 0 bridgehead atoms. The predicted molar refractivity (Wildman–Crippen MR) is 136 cm³/mol. The molecule has 0 unspecified atom stereocenters. The third kappa shape index (κ3) is 6.48. The van der Waals surface area contributed by atoms with Gasteiger partial charge in [-0.15, -0.1) is 11.3 Å². The summed E-state index contributed by atoms with van der Waals surface area (Å²) in [6.07, 6.45) is -1.25. The summed E-state index contributed by atoms with van der Waals surface area (Å²) in [5.41, 5.74) is 1.56. The third-order valence-corrected chi connectivity index (χ3v) is 6.50. The number of amides is 1. The van der Waals surface area contributed by atoms with Gasteiger partial charge in [0.1, 0.15) is 11.3 Å². The number of alkyl halides is 3. The molecule has 2 N–H and O–H groups in total. The highest BCUT2D eigenvalue weighted by Crippen LogP contribution is 2.38. The lowest BCUT2D eigenvalue weighted by atomic mass is 9.90. The number of hydrogen-bond donors (Lipinski definition) is 2. The van der Waals surface area contributed by atoms with Gasteiger partial charge in [-0.1, -0.05) is 6.07 Å². The number of methoxy groups -OCH3 is 1. The number of nitrogens with zero attached hydrogens (tertiary/aromatic N) is 1. The summed E-state index contributed by atoms with van der Waals surface area (Å²) in [6, 6.07) is 12.3. The Morgan fingerprint density at radius 2 is 1.67 bits per heavy atom. The number of ether oxygens (including phenoxy) is 1. The van der Waals surface area contributed by atoms with Crippen LogP contribution in [0.1, 0.15) is 41.0 Å². The SMILES string of the molecule is COc1ccc(C(=O)NC2CCC(Nc3cccc4sc(C(F)(F)F)nc34)CC2)cc1.S.S. The second-order valence-electron chi connectivity index (χ2n) is 7.56. The van der Waals surface area contributed by atoms with Gasteiger partial charge in [0.2, 0.25) is 0 Å². The van der Waals surface area contributed by atoms with Gasteiger partial charge in [0, 0.05) is 17.6 Å². The topological polar surface area (TPSA) is 63.2 Å². The van der Waals surface area contributed by atoms with Crippen LogP contribution in [0.5, 0.6) is 5.75 Å². The fourth-order valence-corrected chi connectivity index (χ4v) is 4.66. The summed E-state index contributed by atoms with van der Waals surface area (Å²) < 4.78 is 44.7. The van der Waals surface area contributed by atoms with Gasteiger partial charge in [-0.05, 0) is 62.1 Å². The molecule has 1 fully saturated rings. The standard InChI is InChI=1S/C22H22F3N3O2S.2H2S/c1-30-16-11-5-13(6-12-16)20(29)27-15-9-7-14(8-10-15)26-17-3-2-4-18-19(17)28-21(31-18)22(23,24)25;;/h2-6,11-12,14-15,26H,7-10H2,1H3,(H,27,29);2*1H2. The van der Waals surface area contributed by atoms with Crippen molar-refractivity contribution in [2.45, 2.75) is 43.9 Å². The molecule has 33 heavy (non-hydrogen) atoms. The van der Waals surface area contributed by atoms with Crippen molar-refractivity contribution in [2.75, 3.05) is 12.4 Å². The average Bonchev–Trinajstić information content (AvgIpc) is 3.21. The number of hydrogen-bond acceptors (Lipinski definition) is 5. The van der Waals surface area contributed by atoms with E-state index in [0.717, 1.165) is 25.7 Å². The van der Waals surface area contributed by atoms with Crippen molar-refractivity contribution in [2.24, 2.45) is 0 Å². The molecule has 180 valence electrons. The molecule has 3 aromatic rings. The molecule has 5 nitrogen and oxygen atoms in total. The van der Waals surface area contributed by atoms with Crippen LogP contribution in [0.15, 0.2) is 42.5 Å². The number of halogens is 3. The van der Waals surface area contributed by atoms with Crippen LogP contribution >= 0.6 is 38.3 Å². The first-order valence-electron chi connectivity index (χ1n) is 10.0. The number of nitrogens with one attached hydrogen (secondary N) is 2. The number of carbonyl (C=O) groups is 1. The number of aromatic nitrogens is 1. The third-order valence-electron chi connectivity index (χ3n) is 5.44. The normalized spacial score (nSPS) is 18.1. The number of thiazole rings is 1. The highest BCUT2D eigenvalue weighted by molar-refractivity contribution is 7.59. The molecule has 0 saturated heterocycles. The Morgan fingerprint density at radius 1 is 1.03 bits per heavy atom. The maximum absolute atomic E-state index is 13.0. The van der Waals surface area contributed by atoms with Crippen molar-refractivity contribution in [3.63, 3.8) is 0 Å². The van der Waals surface area contributed by atoms with Crippen molar-refractivity contribution in [1.82, 2.24) is 10.3 Å². The zero-order chi connectivity index (χ0) is 22.0. The minimum absolute atomic E-state index is 0. The molecule has 1 amide bonds. The average molecular weight is 518 g/mol. The molecule has 0 radical (unpaired) electrons. The molecule has 4 rings (SSSR count). The van der Waals surface area contributed by atoms with Crippen LogP contribution in [-0.4, -0.2) is 30.1 Å². The quantitative estimate of drug-likeness (QED) is 0.456. The molecule has 1 aromatic heterocycles. The molecule has 2 aromatic carbocycles. The summed E-state index contributed by atoms with van der Waals surface area (Å²) in [5, 5.41) is 5.59. The van der Waals surface area contributed by atoms with Crippen LogP contribution in [0, 0.1) is 0 Å². The van der Waals surface area contributed by atoms with Crippen LogP contribution in [0.25, 0.3) is 10.2 Å². The first-order chi connectivity index (χ1) is 14.8. The van der Waals surface area contributed by atoms with Crippen LogP contribution in [0.4, 0.5) is 18.9 Å². The van der Waals surface area contributed by atoms with Gasteiger partial charge in [0.25, 0.3) is 5.91 Å². The molecule has 1 aliphatic carbocycles. The van der Waals surface area contributed by atoms with E-state index < -0.39 is 11.2 Å². The van der Waals surface area contributed by atoms with Gasteiger partial charge >= 0.3 is 6.18 Å². The Labute approximate surface area is 208 Å². The van der Waals surface area contributed by atoms with Gasteiger partial charge < -0.3 is 15.4 Å². The Kier molecular flexibility index (Phi) is 9.33. The van der Waals surface area contributed by atoms with E-state index in [1.807, 2.05) is 0 Å². The molecule has 1 aliphatic rings. The first kappa shape index (κ1) is 27.1. The summed E-state index contributed by atoms with van der Waals surface area (Å²) in [6.45, 7) is 0. The summed E-state index contributed by atoms with van der Waals surface area (Å²) in [5.74, 6) is 0.576. The van der Waals surface area contributed by atoms with Crippen LogP contribution in [0.2, 0.25) is 0 Å². The Hall–Kier alpha value is -2.11.